The molecule has 2 saturated heterocycles. The second-order valence-electron chi connectivity index (χ2n) is 8.29. The number of aliphatic hydroxyl groups excluding tert-OH is 2. The highest BCUT2D eigenvalue weighted by molar-refractivity contribution is 7.49. The minimum Gasteiger partial charge on any atom is -0.761 e. The van der Waals surface area contributed by atoms with Crippen molar-refractivity contribution in [3.8, 4) is 0 Å². The Hall–Kier alpha value is -3.31. The summed E-state index contributed by atoms with van der Waals surface area (Å²) in [6.07, 6.45) is 1.59. The lowest BCUT2D eigenvalue weighted by atomic mass is 10.1. The van der Waals surface area contributed by atoms with Gasteiger partial charge in [0.1, 0.15) is 43.3 Å². The van der Waals surface area contributed by atoms with Gasteiger partial charge < -0.3 is 34.0 Å². The summed E-state index contributed by atoms with van der Waals surface area (Å²) in [6, 6.07) is -0.518. The van der Waals surface area contributed by atoms with Crippen LogP contribution in [0.2, 0.25) is 0 Å². The number of imidazole rings is 2. The summed E-state index contributed by atoms with van der Waals surface area (Å²) in [4.78, 5) is 56.8. The Bertz CT molecular complexity index is 1320. The zero-order valence-corrected chi connectivity index (χ0v) is 19.9. The summed E-state index contributed by atoms with van der Waals surface area (Å²) < 4.78 is 24.9. The van der Waals surface area contributed by atoms with Gasteiger partial charge in [-0.2, -0.15) is 0 Å². The highest BCUT2D eigenvalue weighted by atomic mass is 31.2. The summed E-state index contributed by atoms with van der Waals surface area (Å²) in [6.45, 7) is -0.162. The van der Waals surface area contributed by atoms with Gasteiger partial charge in [-0.15, -0.1) is 5.06 Å². The molecule has 1 amide bonds. The molecule has 2 aliphatic heterocycles. The number of carbonyl (C=O) groups excluding carboxylic acids is 2. The fourth-order valence-corrected chi connectivity index (χ4v) is 4.98. The molecule has 198 valence electrons. The average molecular weight is 537 g/mol. The zero-order valence-electron chi connectivity index (χ0n) is 19.0. The number of aldehydes is 1. The van der Waals surface area contributed by atoms with Crippen LogP contribution in [0.25, 0.3) is 11.2 Å². The van der Waals surface area contributed by atoms with Crippen molar-refractivity contribution in [1.82, 2.24) is 33.9 Å². The van der Waals surface area contributed by atoms with E-state index in [1.165, 1.54) is 28.4 Å². The van der Waals surface area contributed by atoms with Crippen molar-refractivity contribution in [2.45, 2.75) is 43.4 Å². The summed E-state index contributed by atoms with van der Waals surface area (Å²) in [5.74, 6) is -0.00357. The van der Waals surface area contributed by atoms with Crippen molar-refractivity contribution >= 4 is 37.1 Å². The van der Waals surface area contributed by atoms with Crippen LogP contribution in [0, 0.1) is 0 Å². The predicted molar refractivity (Wildman–Crippen MR) is 118 cm³/mol. The number of fused-ring (bicyclic) bond motifs is 1. The monoisotopic (exact) mass is 537 g/mol. The third kappa shape index (κ3) is 4.97. The van der Waals surface area contributed by atoms with Gasteiger partial charge in [0.15, 0.2) is 23.2 Å². The van der Waals surface area contributed by atoms with Gasteiger partial charge in [-0.25, -0.2) is 24.7 Å². The van der Waals surface area contributed by atoms with E-state index in [9.17, 15) is 29.3 Å². The lowest BCUT2D eigenvalue weighted by Gasteiger charge is -2.25. The molecule has 2 fully saturated rings. The molecule has 6 atom stereocenters. The van der Waals surface area contributed by atoms with E-state index in [0.29, 0.717) is 25.7 Å². The molecule has 5 heterocycles. The highest BCUT2D eigenvalue weighted by Crippen LogP contribution is 2.40. The van der Waals surface area contributed by atoms with Crippen molar-refractivity contribution in [3.05, 3.63) is 31.4 Å². The van der Waals surface area contributed by atoms with Gasteiger partial charge in [0.2, 0.25) is 7.75 Å². The van der Waals surface area contributed by atoms with Crippen LogP contribution in [0.3, 0.4) is 0 Å². The molecule has 0 aliphatic carbocycles. The summed E-state index contributed by atoms with van der Waals surface area (Å²) in [5.41, 5.74) is 0.268. The SMILES string of the molecule is O=C[C@@H]1CCCN1OC(=O)Nc1ncnc2c1ncn2[C@@H]1O[C@H](COP(=O)([O-])n2ccnc2)[C@H](O)C1O. The van der Waals surface area contributed by atoms with Crippen molar-refractivity contribution in [2.75, 3.05) is 18.5 Å². The summed E-state index contributed by atoms with van der Waals surface area (Å²) >= 11 is 0. The third-order valence-electron chi connectivity index (χ3n) is 5.97. The number of carbonyl (C=O) groups is 2. The van der Waals surface area contributed by atoms with Crippen molar-refractivity contribution in [2.24, 2.45) is 0 Å². The molecule has 0 saturated carbocycles. The first kappa shape index (κ1) is 25.3. The first-order valence-electron chi connectivity index (χ1n) is 11.1. The Kier molecular flexibility index (Phi) is 7.00. The van der Waals surface area contributed by atoms with Gasteiger partial charge in [-0.1, -0.05) is 0 Å². The van der Waals surface area contributed by atoms with E-state index in [2.05, 4.69) is 25.3 Å². The summed E-state index contributed by atoms with van der Waals surface area (Å²) in [5, 5.41) is 24.8. The zero-order chi connectivity index (χ0) is 26.2. The average Bonchev–Trinajstić information content (AvgIpc) is 3.67. The van der Waals surface area contributed by atoms with Gasteiger partial charge in [-0.05, 0) is 12.8 Å². The maximum absolute atomic E-state index is 12.4. The van der Waals surface area contributed by atoms with Crippen LogP contribution < -0.4 is 10.2 Å². The number of amides is 1. The van der Waals surface area contributed by atoms with E-state index in [1.54, 1.807) is 0 Å². The molecule has 3 N–H and O–H groups in total. The first-order chi connectivity index (χ1) is 17.8. The van der Waals surface area contributed by atoms with Crippen LogP contribution in [0.5, 0.6) is 0 Å². The number of ether oxygens (including phenoxy) is 1. The van der Waals surface area contributed by atoms with Gasteiger partial charge in [0.05, 0.1) is 12.9 Å². The van der Waals surface area contributed by atoms with Gasteiger partial charge in [0, 0.05) is 18.9 Å². The molecule has 0 radical (unpaired) electrons. The predicted octanol–water partition coefficient (Wildman–Crippen LogP) is -1.20. The lowest BCUT2D eigenvalue weighted by molar-refractivity contribution is -0.205. The molecular formula is C19H22N8O9P-. The number of hydrogen-bond donors (Lipinski definition) is 3. The Morgan fingerprint density at radius 2 is 2.14 bits per heavy atom. The number of aromatic nitrogens is 6. The van der Waals surface area contributed by atoms with E-state index in [1.807, 2.05) is 0 Å². The molecule has 5 rings (SSSR count). The Morgan fingerprint density at radius 1 is 1.30 bits per heavy atom. The molecule has 2 aliphatic rings. The molecular weight excluding hydrogens is 515 g/mol. The third-order valence-corrected chi connectivity index (χ3v) is 7.25. The number of nitrogens with one attached hydrogen (secondary N) is 1. The topological polar surface area (TPSA) is 219 Å². The molecule has 0 bridgehead atoms. The van der Waals surface area contributed by atoms with Gasteiger partial charge in [-0.3, -0.25) is 18.8 Å². The van der Waals surface area contributed by atoms with Crippen LogP contribution in [0.4, 0.5) is 10.6 Å². The molecule has 3 aromatic heterocycles. The van der Waals surface area contributed by atoms with E-state index in [4.69, 9.17) is 14.1 Å². The van der Waals surface area contributed by atoms with E-state index in [0.717, 1.165) is 17.0 Å². The van der Waals surface area contributed by atoms with E-state index in [-0.39, 0.29) is 17.0 Å². The first-order valence-corrected chi connectivity index (χ1v) is 12.6. The van der Waals surface area contributed by atoms with Crippen LogP contribution in [-0.4, -0.2) is 94.0 Å². The number of hydrogen-bond acceptors (Lipinski definition) is 14. The van der Waals surface area contributed by atoms with Crippen molar-refractivity contribution < 1.29 is 43.4 Å². The smallest absolute Gasteiger partial charge is 0.432 e. The lowest BCUT2D eigenvalue weighted by Crippen LogP contribution is -2.35. The fraction of sp³-hybridized carbons (Fsp3) is 0.474. The van der Waals surface area contributed by atoms with Crippen LogP contribution >= 0.6 is 7.75 Å². The maximum atomic E-state index is 12.4. The van der Waals surface area contributed by atoms with Crippen LogP contribution in [0.1, 0.15) is 19.1 Å². The minimum absolute atomic E-state index is 0.00357. The Balaban J connectivity index is 1.29. The van der Waals surface area contributed by atoms with Crippen molar-refractivity contribution in [3.63, 3.8) is 0 Å². The number of anilines is 1. The Labute approximate surface area is 208 Å². The van der Waals surface area contributed by atoms with E-state index >= 15 is 0 Å². The molecule has 3 aromatic rings. The number of aliphatic hydroxyl groups is 2. The molecule has 18 heteroatoms. The van der Waals surface area contributed by atoms with Gasteiger partial charge >= 0.3 is 6.09 Å². The van der Waals surface area contributed by atoms with Crippen molar-refractivity contribution in [1.29, 1.82) is 0 Å². The quantitative estimate of drug-likeness (QED) is 0.227. The van der Waals surface area contributed by atoms with Crippen LogP contribution in [-0.2, 0) is 23.5 Å². The minimum atomic E-state index is -4.54. The van der Waals surface area contributed by atoms with Gasteiger partial charge in [0.25, 0.3) is 0 Å². The molecule has 0 aromatic carbocycles. The molecule has 2 unspecified atom stereocenters. The highest BCUT2D eigenvalue weighted by Gasteiger charge is 2.45. The second-order valence-corrected chi connectivity index (χ2v) is 9.95. The fourth-order valence-electron chi connectivity index (χ4n) is 4.10. The second kappa shape index (κ2) is 10.2. The summed E-state index contributed by atoms with van der Waals surface area (Å²) in [7, 11) is -4.54. The molecule has 17 nitrogen and oxygen atoms in total. The Morgan fingerprint density at radius 3 is 2.89 bits per heavy atom. The number of nitrogens with zero attached hydrogens (tertiary/aromatic N) is 7. The van der Waals surface area contributed by atoms with E-state index < -0.39 is 51.0 Å². The number of hydroxylamine groups is 2. The van der Waals surface area contributed by atoms with Crippen LogP contribution in [0.15, 0.2) is 31.4 Å². The normalized spacial score (nSPS) is 27.8. The largest absolute Gasteiger partial charge is 0.761 e. The number of rotatable bonds is 8. The molecule has 37 heavy (non-hydrogen) atoms. The maximum Gasteiger partial charge on any atom is 0.432 e. The standard InChI is InChI=1S/C19H23N8O9P/c28-6-11-2-1-4-27(11)36-19(31)24-16-13-17(22-8-21-16)26(10-23-13)18-15(30)14(29)12(35-18)7-34-37(32,33)25-5-3-20-9-25/h3,5-6,8-12,14-15,18,29-30H,1-2,4,7H2,(H,32,33)(H,21,22,24,31)/p-1/t11-,12+,14-,15?,18+/m0/s1. The molecule has 0 spiro atoms.